The fourth-order valence-electron chi connectivity index (χ4n) is 1.71. The summed E-state index contributed by atoms with van der Waals surface area (Å²) in [5.41, 5.74) is -0.995. The lowest BCUT2D eigenvalue weighted by Crippen LogP contribution is -2.63. The van der Waals surface area contributed by atoms with E-state index in [2.05, 4.69) is 10.6 Å². The van der Waals surface area contributed by atoms with Crippen LogP contribution in [0.2, 0.25) is 0 Å². The number of amides is 1. The van der Waals surface area contributed by atoms with E-state index in [1.165, 1.54) is 4.31 Å². The summed E-state index contributed by atoms with van der Waals surface area (Å²) in [6, 6.07) is 0. The maximum absolute atomic E-state index is 12.0. The van der Waals surface area contributed by atoms with Gasteiger partial charge in [-0.15, -0.1) is 0 Å². The van der Waals surface area contributed by atoms with Crippen LogP contribution in [0.25, 0.3) is 0 Å². The normalized spacial score (nSPS) is 21.8. The lowest BCUT2D eigenvalue weighted by Gasteiger charge is -2.39. The molecule has 1 rings (SSSR count). The van der Waals surface area contributed by atoms with Crippen molar-refractivity contribution in [3.8, 4) is 0 Å². The number of piperazine rings is 1. The summed E-state index contributed by atoms with van der Waals surface area (Å²) in [6.45, 7) is 4.35. The second-order valence-corrected chi connectivity index (χ2v) is 6.32. The lowest BCUT2D eigenvalue weighted by atomic mass is 10.0. The Labute approximate surface area is 96.4 Å². The molecule has 0 spiro atoms. The molecule has 0 aromatic heterocycles. The predicted octanol–water partition coefficient (Wildman–Crippen LogP) is -1.25. The molecule has 1 aliphatic heterocycles. The third-order valence-electron chi connectivity index (χ3n) is 2.73. The Bertz CT molecular complexity index is 364. The van der Waals surface area contributed by atoms with Gasteiger partial charge in [-0.3, -0.25) is 4.79 Å². The summed E-state index contributed by atoms with van der Waals surface area (Å²) in [5.74, 6) is -0.230. The van der Waals surface area contributed by atoms with Crippen LogP contribution in [0.4, 0.5) is 0 Å². The highest BCUT2D eigenvalue weighted by Gasteiger charge is 2.43. The summed E-state index contributed by atoms with van der Waals surface area (Å²) in [4.78, 5) is 11.6. The molecule has 0 saturated carbocycles. The van der Waals surface area contributed by atoms with Gasteiger partial charge in [-0.2, -0.15) is 4.31 Å². The molecule has 0 bridgehead atoms. The standard InChI is InChI=1S/C9H19N3O3S/c1-9(2)8(13)11-4-6-12(9)16(14,15)7-5-10-3/h10H,4-7H2,1-3H3,(H,11,13). The summed E-state index contributed by atoms with van der Waals surface area (Å²) in [7, 11) is -1.68. The summed E-state index contributed by atoms with van der Waals surface area (Å²) in [6.07, 6.45) is 0. The Morgan fingerprint density at radius 1 is 1.50 bits per heavy atom. The van der Waals surface area contributed by atoms with Crippen molar-refractivity contribution < 1.29 is 13.2 Å². The third kappa shape index (κ3) is 2.53. The molecular weight excluding hydrogens is 230 g/mol. The minimum absolute atomic E-state index is 0.0141. The number of rotatable bonds is 4. The van der Waals surface area contributed by atoms with Crippen LogP contribution in [0.5, 0.6) is 0 Å². The highest BCUT2D eigenvalue weighted by Crippen LogP contribution is 2.21. The second-order valence-electron chi connectivity index (χ2n) is 4.31. The minimum atomic E-state index is -3.38. The van der Waals surface area contributed by atoms with E-state index in [-0.39, 0.29) is 11.7 Å². The first-order valence-corrected chi connectivity index (χ1v) is 6.86. The molecule has 0 aromatic carbocycles. The minimum Gasteiger partial charge on any atom is -0.353 e. The molecule has 0 aliphatic carbocycles. The van der Waals surface area contributed by atoms with Crippen molar-refractivity contribution in [1.29, 1.82) is 0 Å². The average molecular weight is 249 g/mol. The summed E-state index contributed by atoms with van der Waals surface area (Å²) < 4.78 is 25.3. The number of nitrogens with zero attached hydrogens (tertiary/aromatic N) is 1. The highest BCUT2D eigenvalue weighted by atomic mass is 32.2. The molecule has 7 heteroatoms. The monoisotopic (exact) mass is 249 g/mol. The Hall–Kier alpha value is -0.660. The zero-order valence-electron chi connectivity index (χ0n) is 9.91. The van der Waals surface area contributed by atoms with Gasteiger partial charge in [-0.05, 0) is 20.9 Å². The molecule has 1 heterocycles. The number of carbonyl (C=O) groups excluding carboxylic acids is 1. The highest BCUT2D eigenvalue weighted by molar-refractivity contribution is 7.89. The fourth-order valence-corrected chi connectivity index (χ4v) is 3.54. The molecule has 0 unspecified atom stereocenters. The number of carbonyl (C=O) groups is 1. The van der Waals surface area contributed by atoms with Gasteiger partial charge in [0.05, 0.1) is 5.75 Å². The zero-order chi connectivity index (χ0) is 12.4. The third-order valence-corrected chi connectivity index (χ3v) is 4.76. The lowest BCUT2D eigenvalue weighted by molar-refractivity contribution is -0.131. The van der Waals surface area contributed by atoms with Crippen LogP contribution in [0.3, 0.4) is 0 Å². The molecule has 6 nitrogen and oxygen atoms in total. The molecule has 1 fully saturated rings. The van der Waals surface area contributed by atoms with E-state index in [0.717, 1.165) is 0 Å². The van der Waals surface area contributed by atoms with Gasteiger partial charge in [-0.1, -0.05) is 0 Å². The Kier molecular flexibility index (Phi) is 3.92. The van der Waals surface area contributed by atoms with Crippen molar-refractivity contribution in [2.24, 2.45) is 0 Å². The van der Waals surface area contributed by atoms with Crippen molar-refractivity contribution in [2.45, 2.75) is 19.4 Å². The van der Waals surface area contributed by atoms with Crippen LogP contribution in [0.15, 0.2) is 0 Å². The van der Waals surface area contributed by atoms with Crippen molar-refractivity contribution in [3.05, 3.63) is 0 Å². The van der Waals surface area contributed by atoms with Crippen molar-refractivity contribution in [3.63, 3.8) is 0 Å². The average Bonchev–Trinajstić information content (AvgIpc) is 2.19. The smallest absolute Gasteiger partial charge is 0.241 e. The van der Waals surface area contributed by atoms with E-state index in [0.29, 0.717) is 19.6 Å². The predicted molar refractivity (Wildman–Crippen MR) is 61.5 cm³/mol. The number of nitrogens with one attached hydrogen (secondary N) is 2. The largest absolute Gasteiger partial charge is 0.353 e. The van der Waals surface area contributed by atoms with Crippen molar-refractivity contribution >= 4 is 15.9 Å². The van der Waals surface area contributed by atoms with Crippen LogP contribution in [-0.4, -0.2) is 56.6 Å². The van der Waals surface area contributed by atoms with Gasteiger partial charge in [0.15, 0.2) is 0 Å². The van der Waals surface area contributed by atoms with Crippen LogP contribution in [-0.2, 0) is 14.8 Å². The maximum atomic E-state index is 12.0. The van der Waals surface area contributed by atoms with Crippen molar-refractivity contribution in [2.75, 3.05) is 32.4 Å². The van der Waals surface area contributed by atoms with Gasteiger partial charge >= 0.3 is 0 Å². The molecule has 0 atom stereocenters. The van der Waals surface area contributed by atoms with Gasteiger partial charge in [0, 0.05) is 19.6 Å². The molecule has 1 amide bonds. The van der Waals surface area contributed by atoms with E-state index < -0.39 is 15.6 Å². The van der Waals surface area contributed by atoms with Crippen LogP contribution in [0.1, 0.15) is 13.8 Å². The number of hydrogen-bond acceptors (Lipinski definition) is 4. The molecule has 1 saturated heterocycles. The topological polar surface area (TPSA) is 78.5 Å². The van der Waals surface area contributed by atoms with Gasteiger partial charge in [0.25, 0.3) is 0 Å². The number of sulfonamides is 1. The van der Waals surface area contributed by atoms with E-state index in [1.54, 1.807) is 20.9 Å². The Morgan fingerprint density at radius 3 is 2.69 bits per heavy atom. The van der Waals surface area contributed by atoms with Crippen LogP contribution < -0.4 is 10.6 Å². The zero-order valence-corrected chi connectivity index (χ0v) is 10.7. The van der Waals surface area contributed by atoms with E-state index in [4.69, 9.17) is 0 Å². The van der Waals surface area contributed by atoms with Crippen molar-refractivity contribution in [1.82, 2.24) is 14.9 Å². The molecule has 1 aliphatic rings. The first-order valence-electron chi connectivity index (χ1n) is 5.26. The SMILES string of the molecule is CNCCS(=O)(=O)N1CCNC(=O)C1(C)C. The molecule has 16 heavy (non-hydrogen) atoms. The second kappa shape index (κ2) is 4.68. The maximum Gasteiger partial charge on any atom is 0.241 e. The molecule has 0 aromatic rings. The van der Waals surface area contributed by atoms with Crippen LogP contribution >= 0.6 is 0 Å². The van der Waals surface area contributed by atoms with Crippen LogP contribution in [0, 0.1) is 0 Å². The molecular formula is C9H19N3O3S. The molecule has 0 radical (unpaired) electrons. The van der Waals surface area contributed by atoms with Gasteiger partial charge in [0.2, 0.25) is 15.9 Å². The van der Waals surface area contributed by atoms with E-state index >= 15 is 0 Å². The van der Waals surface area contributed by atoms with Gasteiger partial charge < -0.3 is 10.6 Å². The molecule has 2 N–H and O–H groups in total. The molecule has 94 valence electrons. The first-order chi connectivity index (χ1) is 7.32. The summed E-state index contributed by atoms with van der Waals surface area (Å²) in [5, 5.41) is 5.46. The Balaban J connectivity index is 2.89. The number of hydrogen-bond donors (Lipinski definition) is 2. The quantitative estimate of drug-likeness (QED) is 0.652. The van der Waals surface area contributed by atoms with Gasteiger partial charge in [0.1, 0.15) is 5.54 Å². The summed E-state index contributed by atoms with van der Waals surface area (Å²) >= 11 is 0. The fraction of sp³-hybridized carbons (Fsp3) is 0.889. The van der Waals surface area contributed by atoms with Gasteiger partial charge in [-0.25, -0.2) is 8.42 Å². The Morgan fingerprint density at radius 2 is 2.12 bits per heavy atom. The van der Waals surface area contributed by atoms with E-state index in [1.807, 2.05) is 0 Å². The van der Waals surface area contributed by atoms with E-state index in [9.17, 15) is 13.2 Å². The first kappa shape index (κ1) is 13.4.